The molecule has 0 aliphatic carbocycles. The van der Waals surface area contributed by atoms with Crippen molar-refractivity contribution in [2.45, 2.75) is 59.9 Å². The summed E-state index contributed by atoms with van der Waals surface area (Å²) < 4.78 is 0. The van der Waals surface area contributed by atoms with E-state index >= 15 is 0 Å². The van der Waals surface area contributed by atoms with Crippen LogP contribution in [0.15, 0.2) is 12.3 Å². The van der Waals surface area contributed by atoms with Crippen molar-refractivity contribution in [2.24, 2.45) is 5.92 Å². The number of hydrogen-bond acceptors (Lipinski definition) is 3. The smallest absolute Gasteiger partial charge is 0.232 e. The van der Waals surface area contributed by atoms with Gasteiger partial charge in [-0.05, 0) is 31.7 Å². The highest BCUT2D eigenvalue weighted by Crippen LogP contribution is 2.17. The molecule has 1 aromatic rings. The van der Waals surface area contributed by atoms with Crippen LogP contribution in [-0.4, -0.2) is 21.9 Å². The van der Waals surface area contributed by atoms with Crippen LogP contribution in [-0.2, 0) is 11.2 Å². The second kappa shape index (κ2) is 7.22. The first-order valence-electron chi connectivity index (χ1n) is 7.13. The van der Waals surface area contributed by atoms with Gasteiger partial charge in [0, 0.05) is 24.4 Å². The lowest BCUT2D eigenvalue weighted by atomic mass is 10.1. The molecule has 1 amide bonds. The Morgan fingerprint density at radius 3 is 2.53 bits per heavy atom. The highest BCUT2D eigenvalue weighted by Gasteiger charge is 2.23. The molecule has 1 atom stereocenters. The molecule has 0 aliphatic heterocycles. The van der Waals surface area contributed by atoms with Gasteiger partial charge >= 0.3 is 0 Å². The van der Waals surface area contributed by atoms with Gasteiger partial charge in [-0.1, -0.05) is 27.7 Å². The first-order chi connectivity index (χ1) is 8.99. The molecular formula is C15H25N3O. The van der Waals surface area contributed by atoms with Crippen LogP contribution < -0.4 is 4.90 Å². The molecule has 0 fully saturated rings. The number of aromatic nitrogens is 2. The molecule has 1 unspecified atom stereocenters. The molecule has 0 aromatic carbocycles. The molecule has 0 saturated carbocycles. The summed E-state index contributed by atoms with van der Waals surface area (Å²) in [5.41, 5.74) is 0.968. The molecule has 0 N–H and O–H groups in total. The number of carbonyl (C=O) groups excluding carboxylic acids is 1. The summed E-state index contributed by atoms with van der Waals surface area (Å²) >= 11 is 0. The van der Waals surface area contributed by atoms with E-state index in [0.29, 0.717) is 18.3 Å². The third kappa shape index (κ3) is 4.30. The highest BCUT2D eigenvalue weighted by molar-refractivity contribution is 5.92. The summed E-state index contributed by atoms with van der Waals surface area (Å²) in [4.78, 5) is 22.9. The molecule has 0 spiro atoms. The highest BCUT2D eigenvalue weighted by atomic mass is 16.2. The summed E-state index contributed by atoms with van der Waals surface area (Å²) in [7, 11) is 0. The van der Waals surface area contributed by atoms with E-state index in [2.05, 4.69) is 37.7 Å². The number of aryl methyl sites for hydroxylation is 1. The van der Waals surface area contributed by atoms with E-state index in [4.69, 9.17) is 0 Å². The predicted octanol–water partition coefficient (Wildman–Crippen LogP) is 3.22. The molecule has 0 aliphatic rings. The van der Waals surface area contributed by atoms with Crippen molar-refractivity contribution < 1.29 is 4.79 Å². The number of hydrogen-bond donors (Lipinski definition) is 0. The lowest BCUT2D eigenvalue weighted by Gasteiger charge is -2.27. The molecule has 0 radical (unpaired) electrons. The lowest BCUT2D eigenvalue weighted by molar-refractivity contribution is -0.119. The monoisotopic (exact) mass is 263 g/mol. The van der Waals surface area contributed by atoms with Crippen molar-refractivity contribution >= 4 is 11.9 Å². The summed E-state index contributed by atoms with van der Waals surface area (Å²) in [6.07, 6.45) is 4.01. The van der Waals surface area contributed by atoms with Crippen molar-refractivity contribution in [1.29, 1.82) is 0 Å². The predicted molar refractivity (Wildman–Crippen MR) is 78.1 cm³/mol. The zero-order valence-electron chi connectivity index (χ0n) is 12.7. The SMILES string of the molecule is CCc1ccnc(N(C(=O)CC(C)C)C(C)CC)n1. The molecule has 4 heteroatoms. The zero-order valence-corrected chi connectivity index (χ0v) is 12.7. The van der Waals surface area contributed by atoms with E-state index in [1.807, 2.05) is 13.0 Å². The van der Waals surface area contributed by atoms with E-state index in [-0.39, 0.29) is 11.9 Å². The summed E-state index contributed by atoms with van der Waals surface area (Å²) in [5, 5.41) is 0. The van der Waals surface area contributed by atoms with Gasteiger partial charge in [-0.25, -0.2) is 9.97 Å². The molecule has 106 valence electrons. The quantitative estimate of drug-likeness (QED) is 0.791. The Hall–Kier alpha value is -1.45. The van der Waals surface area contributed by atoms with Crippen LogP contribution >= 0.6 is 0 Å². The Labute approximate surface area is 116 Å². The van der Waals surface area contributed by atoms with Crippen molar-refractivity contribution in [2.75, 3.05) is 4.90 Å². The fraction of sp³-hybridized carbons (Fsp3) is 0.667. The van der Waals surface area contributed by atoms with E-state index in [1.54, 1.807) is 11.1 Å². The van der Waals surface area contributed by atoms with Gasteiger partial charge in [-0.15, -0.1) is 0 Å². The first kappa shape index (κ1) is 15.6. The van der Waals surface area contributed by atoms with E-state index in [9.17, 15) is 4.79 Å². The van der Waals surface area contributed by atoms with E-state index in [0.717, 1.165) is 18.5 Å². The molecular weight excluding hydrogens is 238 g/mol. The third-order valence-electron chi connectivity index (χ3n) is 3.16. The van der Waals surface area contributed by atoms with Crippen LogP contribution in [0.2, 0.25) is 0 Å². The van der Waals surface area contributed by atoms with Crippen molar-refractivity contribution in [3.8, 4) is 0 Å². The molecule has 0 saturated heterocycles. The van der Waals surface area contributed by atoms with E-state index < -0.39 is 0 Å². The summed E-state index contributed by atoms with van der Waals surface area (Å²) in [5.74, 6) is 0.991. The molecule has 0 bridgehead atoms. The Balaban J connectivity index is 3.05. The van der Waals surface area contributed by atoms with Gasteiger partial charge in [-0.2, -0.15) is 0 Å². The topological polar surface area (TPSA) is 46.1 Å². The van der Waals surface area contributed by atoms with Crippen LogP contribution in [0.1, 0.15) is 53.2 Å². The number of nitrogens with zero attached hydrogens (tertiary/aromatic N) is 3. The fourth-order valence-electron chi connectivity index (χ4n) is 1.88. The Morgan fingerprint density at radius 2 is 2.00 bits per heavy atom. The van der Waals surface area contributed by atoms with Crippen molar-refractivity contribution in [3.05, 3.63) is 18.0 Å². The van der Waals surface area contributed by atoms with Crippen LogP contribution in [0.4, 0.5) is 5.95 Å². The van der Waals surface area contributed by atoms with Gasteiger partial charge in [0.25, 0.3) is 0 Å². The maximum atomic E-state index is 12.4. The lowest BCUT2D eigenvalue weighted by Crippen LogP contribution is -2.40. The maximum absolute atomic E-state index is 12.4. The average Bonchev–Trinajstić information content (AvgIpc) is 2.38. The fourth-order valence-corrected chi connectivity index (χ4v) is 1.88. The van der Waals surface area contributed by atoms with Gasteiger partial charge in [-0.3, -0.25) is 9.69 Å². The number of anilines is 1. The number of amides is 1. The molecule has 1 aromatic heterocycles. The second-order valence-corrected chi connectivity index (χ2v) is 5.32. The average molecular weight is 263 g/mol. The first-order valence-corrected chi connectivity index (χ1v) is 7.13. The minimum Gasteiger partial charge on any atom is -0.278 e. The normalized spacial score (nSPS) is 12.5. The van der Waals surface area contributed by atoms with Gasteiger partial charge < -0.3 is 0 Å². The molecule has 19 heavy (non-hydrogen) atoms. The van der Waals surface area contributed by atoms with Crippen molar-refractivity contribution in [1.82, 2.24) is 9.97 Å². The van der Waals surface area contributed by atoms with Gasteiger partial charge in [0.1, 0.15) is 0 Å². The van der Waals surface area contributed by atoms with Crippen LogP contribution in [0.3, 0.4) is 0 Å². The van der Waals surface area contributed by atoms with Gasteiger partial charge in [0.05, 0.1) is 0 Å². The minimum absolute atomic E-state index is 0.109. The largest absolute Gasteiger partial charge is 0.278 e. The van der Waals surface area contributed by atoms with Gasteiger partial charge in [0.15, 0.2) is 0 Å². The molecule has 1 heterocycles. The van der Waals surface area contributed by atoms with Crippen molar-refractivity contribution in [3.63, 3.8) is 0 Å². The van der Waals surface area contributed by atoms with Crippen LogP contribution in [0.5, 0.6) is 0 Å². The van der Waals surface area contributed by atoms with Crippen LogP contribution in [0.25, 0.3) is 0 Å². The minimum atomic E-state index is 0.109. The van der Waals surface area contributed by atoms with E-state index in [1.165, 1.54) is 0 Å². The number of carbonyl (C=O) groups is 1. The summed E-state index contributed by atoms with van der Waals surface area (Å²) in [6, 6.07) is 2.02. The molecule has 1 rings (SSSR count). The number of rotatable bonds is 6. The third-order valence-corrected chi connectivity index (χ3v) is 3.16. The van der Waals surface area contributed by atoms with Gasteiger partial charge in [0.2, 0.25) is 11.9 Å². The standard InChI is InChI=1S/C15H25N3O/c1-6-12(5)18(14(19)10-11(3)4)15-16-9-8-13(7-2)17-15/h8-9,11-12H,6-7,10H2,1-5H3. The Bertz CT molecular complexity index is 418. The zero-order chi connectivity index (χ0) is 14.4. The molecule has 4 nitrogen and oxygen atoms in total. The summed E-state index contributed by atoms with van der Waals surface area (Å²) in [6.45, 7) is 10.3. The Morgan fingerprint density at radius 1 is 1.32 bits per heavy atom. The van der Waals surface area contributed by atoms with Crippen LogP contribution in [0, 0.1) is 5.92 Å². The Kier molecular flexibility index (Phi) is 5.93. The maximum Gasteiger partial charge on any atom is 0.232 e. The second-order valence-electron chi connectivity index (χ2n) is 5.32.